The van der Waals surface area contributed by atoms with E-state index < -0.39 is 0 Å². The minimum atomic E-state index is -0.232. The van der Waals surface area contributed by atoms with Gasteiger partial charge in [0, 0.05) is 28.7 Å². The Morgan fingerprint density at radius 3 is 2.29 bits per heavy atom. The first-order valence-electron chi connectivity index (χ1n) is 7.49. The Balaban J connectivity index is 1.77. The summed E-state index contributed by atoms with van der Waals surface area (Å²) in [6.07, 6.45) is 3.05. The zero-order chi connectivity index (χ0) is 17.1. The number of carbonyl (C=O) groups excluding carboxylic acids is 1. The molecule has 0 bridgehead atoms. The Kier molecular flexibility index (Phi) is 4.58. The van der Waals surface area contributed by atoms with Crippen LogP contribution in [0.1, 0.15) is 21.5 Å². The maximum Gasteiger partial charge on any atom is 0.258 e. The minimum Gasteiger partial charge on any atom is -0.322 e. The van der Waals surface area contributed by atoms with E-state index in [1.807, 2.05) is 44.2 Å². The maximum atomic E-state index is 12.3. The first kappa shape index (κ1) is 16.1. The van der Waals surface area contributed by atoms with Gasteiger partial charge in [-0.25, -0.2) is 9.97 Å². The van der Waals surface area contributed by atoms with Crippen LogP contribution in [-0.4, -0.2) is 15.9 Å². The molecule has 3 rings (SSSR count). The van der Waals surface area contributed by atoms with Crippen molar-refractivity contribution in [3.05, 3.63) is 76.6 Å². The molecule has 0 spiro atoms. The molecule has 1 N–H and O–H groups in total. The fourth-order valence-corrected chi connectivity index (χ4v) is 2.47. The van der Waals surface area contributed by atoms with Crippen molar-refractivity contribution in [1.29, 1.82) is 0 Å². The average Bonchev–Trinajstić information content (AvgIpc) is 2.58. The molecule has 1 amide bonds. The van der Waals surface area contributed by atoms with Gasteiger partial charge in [-0.15, -0.1) is 0 Å². The Morgan fingerprint density at radius 1 is 1.00 bits per heavy atom. The van der Waals surface area contributed by atoms with Crippen molar-refractivity contribution < 1.29 is 4.79 Å². The van der Waals surface area contributed by atoms with Crippen molar-refractivity contribution in [3.8, 4) is 11.4 Å². The molecule has 120 valence electrons. The second-order valence-electron chi connectivity index (χ2n) is 5.57. The topological polar surface area (TPSA) is 54.9 Å². The van der Waals surface area contributed by atoms with Crippen molar-refractivity contribution in [3.63, 3.8) is 0 Å². The molecule has 0 radical (unpaired) electrons. The van der Waals surface area contributed by atoms with Gasteiger partial charge in [-0.05, 0) is 49.7 Å². The molecule has 0 atom stereocenters. The lowest BCUT2D eigenvalue weighted by Crippen LogP contribution is -2.13. The summed E-state index contributed by atoms with van der Waals surface area (Å²) in [5.74, 6) is 0.319. The molecular formula is C19H16ClN3O. The second kappa shape index (κ2) is 6.81. The minimum absolute atomic E-state index is 0.232. The predicted molar refractivity (Wildman–Crippen MR) is 96.3 cm³/mol. The van der Waals surface area contributed by atoms with Gasteiger partial charge in [0.15, 0.2) is 5.82 Å². The number of amides is 1. The highest BCUT2D eigenvalue weighted by molar-refractivity contribution is 6.30. The van der Waals surface area contributed by atoms with E-state index in [0.29, 0.717) is 16.4 Å². The van der Waals surface area contributed by atoms with Crippen LogP contribution < -0.4 is 5.32 Å². The predicted octanol–water partition coefficient (Wildman–Crippen LogP) is 4.67. The molecule has 4 nitrogen and oxygen atoms in total. The molecule has 5 heteroatoms. The molecule has 1 aromatic heterocycles. The van der Waals surface area contributed by atoms with E-state index in [2.05, 4.69) is 15.3 Å². The number of hydrogen-bond acceptors (Lipinski definition) is 3. The van der Waals surface area contributed by atoms with Crippen molar-refractivity contribution in [2.24, 2.45) is 0 Å². The van der Waals surface area contributed by atoms with Crippen LogP contribution in [0.15, 0.2) is 54.9 Å². The first-order chi connectivity index (χ1) is 11.5. The number of benzene rings is 2. The van der Waals surface area contributed by atoms with Gasteiger partial charge >= 0.3 is 0 Å². The summed E-state index contributed by atoms with van der Waals surface area (Å²) in [6, 6.07) is 13.1. The highest BCUT2D eigenvalue weighted by Gasteiger charge is 2.10. The second-order valence-corrected chi connectivity index (χ2v) is 6.01. The third-order valence-electron chi connectivity index (χ3n) is 3.65. The Bertz CT molecular complexity index is 874. The van der Waals surface area contributed by atoms with Gasteiger partial charge in [-0.2, -0.15) is 0 Å². The zero-order valence-electron chi connectivity index (χ0n) is 13.4. The van der Waals surface area contributed by atoms with Gasteiger partial charge in [0.2, 0.25) is 0 Å². The summed E-state index contributed by atoms with van der Waals surface area (Å²) in [5, 5.41) is 3.54. The zero-order valence-corrected chi connectivity index (χ0v) is 14.1. The summed E-state index contributed by atoms with van der Waals surface area (Å²) in [5.41, 5.74) is 4.21. The van der Waals surface area contributed by atoms with Crippen molar-refractivity contribution in [1.82, 2.24) is 9.97 Å². The summed E-state index contributed by atoms with van der Waals surface area (Å²) < 4.78 is 0. The van der Waals surface area contributed by atoms with Crippen LogP contribution in [0.25, 0.3) is 11.4 Å². The quantitative estimate of drug-likeness (QED) is 0.755. The highest BCUT2D eigenvalue weighted by Crippen LogP contribution is 2.19. The number of rotatable bonds is 3. The van der Waals surface area contributed by atoms with Crippen LogP contribution in [-0.2, 0) is 0 Å². The van der Waals surface area contributed by atoms with E-state index in [4.69, 9.17) is 11.6 Å². The van der Waals surface area contributed by atoms with Crippen LogP contribution in [0, 0.1) is 13.8 Å². The van der Waals surface area contributed by atoms with E-state index >= 15 is 0 Å². The van der Waals surface area contributed by atoms with Gasteiger partial charge in [-0.1, -0.05) is 29.3 Å². The Hall–Kier alpha value is -2.72. The third-order valence-corrected chi connectivity index (χ3v) is 3.90. The molecule has 0 aliphatic heterocycles. The third kappa shape index (κ3) is 3.60. The molecule has 2 aromatic carbocycles. The molecule has 0 saturated carbocycles. The number of nitrogens with zero attached hydrogens (tertiary/aromatic N) is 2. The number of nitrogens with one attached hydrogen (secondary N) is 1. The van der Waals surface area contributed by atoms with E-state index in [1.165, 1.54) is 12.4 Å². The maximum absolute atomic E-state index is 12.3. The molecule has 3 aromatic rings. The van der Waals surface area contributed by atoms with Gasteiger partial charge in [0.25, 0.3) is 5.91 Å². The molecule has 0 fully saturated rings. The van der Waals surface area contributed by atoms with Gasteiger partial charge in [-0.3, -0.25) is 4.79 Å². The summed E-state index contributed by atoms with van der Waals surface area (Å²) >= 11 is 5.87. The number of anilines is 1. The largest absolute Gasteiger partial charge is 0.322 e. The summed E-state index contributed by atoms with van der Waals surface area (Å²) in [6.45, 7) is 3.98. The number of halogens is 1. The fourth-order valence-electron chi connectivity index (χ4n) is 2.34. The average molecular weight is 338 g/mol. The van der Waals surface area contributed by atoms with E-state index in [-0.39, 0.29) is 5.91 Å². The molecule has 0 aliphatic rings. The monoisotopic (exact) mass is 337 g/mol. The van der Waals surface area contributed by atoms with Crippen molar-refractivity contribution in [2.45, 2.75) is 13.8 Å². The van der Waals surface area contributed by atoms with Gasteiger partial charge < -0.3 is 5.32 Å². The van der Waals surface area contributed by atoms with Crippen LogP contribution in [0.2, 0.25) is 5.02 Å². The standard InChI is InChI=1S/C19H16ClN3O/c1-12-3-8-17(13(2)9-12)23-19(24)15-10-21-18(22-11-15)14-4-6-16(20)7-5-14/h3-11H,1-2H3,(H,23,24). The normalized spacial score (nSPS) is 10.5. The Labute approximate surface area is 145 Å². The summed E-state index contributed by atoms with van der Waals surface area (Å²) in [4.78, 5) is 20.9. The molecular weight excluding hydrogens is 322 g/mol. The molecule has 0 aliphatic carbocycles. The fraction of sp³-hybridized carbons (Fsp3) is 0.105. The number of hydrogen-bond donors (Lipinski definition) is 1. The lowest BCUT2D eigenvalue weighted by atomic mass is 10.1. The van der Waals surface area contributed by atoms with E-state index in [9.17, 15) is 4.79 Å². The van der Waals surface area contributed by atoms with Crippen LogP contribution in [0.3, 0.4) is 0 Å². The smallest absolute Gasteiger partial charge is 0.258 e. The molecule has 24 heavy (non-hydrogen) atoms. The van der Waals surface area contributed by atoms with Crippen molar-refractivity contribution in [2.75, 3.05) is 5.32 Å². The number of aromatic nitrogens is 2. The number of carbonyl (C=O) groups is 1. The lowest BCUT2D eigenvalue weighted by molar-refractivity contribution is 0.102. The van der Waals surface area contributed by atoms with Gasteiger partial charge in [0.05, 0.1) is 5.56 Å². The number of aryl methyl sites for hydroxylation is 2. The van der Waals surface area contributed by atoms with E-state index in [0.717, 1.165) is 22.4 Å². The first-order valence-corrected chi connectivity index (χ1v) is 7.87. The van der Waals surface area contributed by atoms with Crippen molar-refractivity contribution >= 4 is 23.2 Å². The lowest BCUT2D eigenvalue weighted by Gasteiger charge is -2.09. The van der Waals surface area contributed by atoms with Crippen LogP contribution >= 0.6 is 11.6 Å². The molecule has 0 saturated heterocycles. The molecule has 1 heterocycles. The van der Waals surface area contributed by atoms with Crippen LogP contribution in [0.4, 0.5) is 5.69 Å². The SMILES string of the molecule is Cc1ccc(NC(=O)c2cnc(-c3ccc(Cl)cc3)nc2)c(C)c1. The highest BCUT2D eigenvalue weighted by atomic mass is 35.5. The Morgan fingerprint density at radius 2 is 1.67 bits per heavy atom. The molecule has 0 unspecified atom stereocenters. The van der Waals surface area contributed by atoms with E-state index in [1.54, 1.807) is 12.1 Å². The van der Waals surface area contributed by atoms with Gasteiger partial charge in [0.1, 0.15) is 0 Å². The summed E-state index contributed by atoms with van der Waals surface area (Å²) in [7, 11) is 0. The van der Waals surface area contributed by atoms with Crippen LogP contribution in [0.5, 0.6) is 0 Å².